The van der Waals surface area contributed by atoms with Gasteiger partial charge >= 0.3 is 12.1 Å². The van der Waals surface area contributed by atoms with Crippen molar-refractivity contribution in [3.05, 3.63) is 65.5 Å². The topological polar surface area (TPSA) is 159 Å². The lowest BCUT2D eigenvalue weighted by atomic mass is 9.98. The third kappa shape index (κ3) is 4.81. The molecule has 0 bridgehead atoms. The quantitative estimate of drug-likeness (QED) is 0.404. The van der Waals surface area contributed by atoms with Crippen molar-refractivity contribution < 1.29 is 24.2 Å². The van der Waals surface area contributed by atoms with Crippen molar-refractivity contribution >= 4 is 18.0 Å². The zero-order valence-electron chi connectivity index (χ0n) is 17.7. The van der Waals surface area contributed by atoms with Gasteiger partial charge in [0.2, 0.25) is 5.91 Å². The molecule has 4 N–H and O–H groups in total. The molecule has 2 amide bonds. The normalized spacial score (nSPS) is 14.0. The van der Waals surface area contributed by atoms with Crippen LogP contribution in [-0.4, -0.2) is 56.3 Å². The number of alkyl carbamates (subject to hydrolysis) is 1. The van der Waals surface area contributed by atoms with Crippen LogP contribution in [0.1, 0.15) is 42.3 Å². The Labute approximate surface area is 188 Å². The van der Waals surface area contributed by atoms with E-state index in [1.807, 2.05) is 48.5 Å². The molecule has 2 unspecified atom stereocenters. The molecule has 1 aromatic heterocycles. The number of aromatic amines is 1. The number of carboxylic acids is 1. The molecule has 0 spiro atoms. The summed E-state index contributed by atoms with van der Waals surface area (Å²) in [5.74, 6) is -1.89. The van der Waals surface area contributed by atoms with Gasteiger partial charge in [-0.05, 0) is 29.2 Å². The van der Waals surface area contributed by atoms with Crippen LogP contribution in [0.5, 0.6) is 0 Å². The lowest BCUT2D eigenvalue weighted by Gasteiger charge is -2.20. The number of aliphatic carboxylic acids is 1. The van der Waals surface area contributed by atoms with Crippen molar-refractivity contribution in [3.63, 3.8) is 0 Å². The number of carboxylic acid groups (broad SMARTS) is 1. The average molecular weight is 450 g/mol. The largest absolute Gasteiger partial charge is 0.481 e. The number of carbonyl (C=O) groups is 3. The lowest BCUT2D eigenvalue weighted by Crippen LogP contribution is -2.48. The van der Waals surface area contributed by atoms with Crippen molar-refractivity contribution in [1.29, 1.82) is 0 Å². The predicted molar refractivity (Wildman–Crippen MR) is 115 cm³/mol. The second-order valence-corrected chi connectivity index (χ2v) is 7.62. The summed E-state index contributed by atoms with van der Waals surface area (Å²) in [7, 11) is 0. The van der Waals surface area contributed by atoms with Crippen LogP contribution in [-0.2, 0) is 14.3 Å². The zero-order chi connectivity index (χ0) is 23.4. The van der Waals surface area contributed by atoms with Crippen LogP contribution in [0, 0.1) is 0 Å². The highest BCUT2D eigenvalue weighted by molar-refractivity contribution is 5.89. The number of benzene rings is 2. The van der Waals surface area contributed by atoms with Gasteiger partial charge in [-0.15, -0.1) is 10.2 Å². The number of rotatable bonds is 8. The van der Waals surface area contributed by atoms with Gasteiger partial charge in [0, 0.05) is 5.92 Å². The molecule has 170 valence electrons. The fraction of sp³-hybridized carbons (Fsp3) is 0.273. The number of tetrazole rings is 1. The van der Waals surface area contributed by atoms with Gasteiger partial charge in [0.1, 0.15) is 12.6 Å². The van der Waals surface area contributed by atoms with E-state index in [4.69, 9.17) is 4.74 Å². The molecule has 0 saturated carbocycles. The second-order valence-electron chi connectivity index (χ2n) is 7.62. The Balaban J connectivity index is 1.41. The van der Waals surface area contributed by atoms with E-state index in [9.17, 15) is 19.5 Å². The van der Waals surface area contributed by atoms with Gasteiger partial charge in [-0.2, -0.15) is 5.21 Å². The minimum Gasteiger partial charge on any atom is -0.481 e. The Kier molecular flexibility index (Phi) is 6.29. The molecule has 2 atom stereocenters. The molecule has 2 aromatic carbocycles. The van der Waals surface area contributed by atoms with Crippen LogP contribution in [0.2, 0.25) is 0 Å². The van der Waals surface area contributed by atoms with Gasteiger partial charge in [-0.25, -0.2) is 4.79 Å². The molecule has 11 nitrogen and oxygen atoms in total. The van der Waals surface area contributed by atoms with E-state index in [0.717, 1.165) is 22.3 Å². The monoisotopic (exact) mass is 450 g/mol. The Morgan fingerprint density at radius 2 is 1.70 bits per heavy atom. The van der Waals surface area contributed by atoms with Crippen LogP contribution in [0.15, 0.2) is 48.5 Å². The maximum Gasteiger partial charge on any atom is 0.407 e. The summed E-state index contributed by atoms with van der Waals surface area (Å²) in [6.07, 6.45) is -1.50. The van der Waals surface area contributed by atoms with Gasteiger partial charge in [0.15, 0.2) is 5.82 Å². The maximum atomic E-state index is 12.6. The van der Waals surface area contributed by atoms with Crippen LogP contribution >= 0.6 is 0 Å². The molecule has 11 heteroatoms. The highest BCUT2D eigenvalue weighted by Gasteiger charge is 2.30. The first-order valence-electron chi connectivity index (χ1n) is 10.3. The molecule has 1 aliphatic carbocycles. The number of ether oxygens (including phenoxy) is 1. The van der Waals surface area contributed by atoms with E-state index in [1.54, 1.807) is 6.92 Å². The molecule has 1 aliphatic rings. The molecule has 3 aromatic rings. The molecule has 0 fully saturated rings. The molecule has 0 aliphatic heterocycles. The Bertz CT molecular complexity index is 1120. The minimum atomic E-state index is -1.34. The number of H-pyrrole nitrogens is 1. The van der Waals surface area contributed by atoms with E-state index >= 15 is 0 Å². The summed E-state index contributed by atoms with van der Waals surface area (Å²) in [6, 6.07) is 13.8. The van der Waals surface area contributed by atoms with Crippen molar-refractivity contribution in [2.45, 2.75) is 31.3 Å². The highest BCUT2D eigenvalue weighted by atomic mass is 16.5. The fourth-order valence-electron chi connectivity index (χ4n) is 3.90. The number of fused-ring (bicyclic) bond motifs is 3. The summed E-state index contributed by atoms with van der Waals surface area (Å²) >= 11 is 0. The van der Waals surface area contributed by atoms with E-state index in [2.05, 4.69) is 31.3 Å². The molecular weight excluding hydrogens is 428 g/mol. The van der Waals surface area contributed by atoms with E-state index in [1.165, 1.54) is 0 Å². The number of hydrogen-bond donors (Lipinski definition) is 4. The van der Waals surface area contributed by atoms with Crippen LogP contribution < -0.4 is 10.6 Å². The van der Waals surface area contributed by atoms with Gasteiger partial charge in [0.25, 0.3) is 0 Å². The van der Waals surface area contributed by atoms with E-state index in [-0.39, 0.29) is 18.3 Å². The van der Waals surface area contributed by atoms with Gasteiger partial charge < -0.3 is 20.5 Å². The number of hydrogen-bond acceptors (Lipinski definition) is 7. The number of aromatic nitrogens is 4. The van der Waals surface area contributed by atoms with Crippen molar-refractivity contribution in [3.8, 4) is 11.1 Å². The smallest absolute Gasteiger partial charge is 0.407 e. The Morgan fingerprint density at radius 3 is 2.27 bits per heavy atom. The van der Waals surface area contributed by atoms with Gasteiger partial charge in [0.05, 0.1) is 12.5 Å². The number of nitrogens with zero attached hydrogens (tertiary/aromatic N) is 3. The van der Waals surface area contributed by atoms with Crippen LogP contribution in [0.3, 0.4) is 0 Å². The number of amides is 2. The number of carbonyl (C=O) groups excluding carboxylic acids is 2. The van der Waals surface area contributed by atoms with E-state index < -0.39 is 36.5 Å². The third-order valence-electron chi connectivity index (χ3n) is 5.44. The average Bonchev–Trinajstić information content (AvgIpc) is 3.44. The summed E-state index contributed by atoms with van der Waals surface area (Å²) < 4.78 is 5.42. The summed E-state index contributed by atoms with van der Waals surface area (Å²) in [5.41, 5.74) is 4.25. The summed E-state index contributed by atoms with van der Waals surface area (Å²) in [6.45, 7) is 1.65. The Hall–Kier alpha value is -4.28. The van der Waals surface area contributed by atoms with E-state index in [0.29, 0.717) is 0 Å². The van der Waals surface area contributed by atoms with Crippen molar-refractivity contribution in [2.24, 2.45) is 0 Å². The lowest BCUT2D eigenvalue weighted by molar-refractivity contribution is -0.140. The van der Waals surface area contributed by atoms with Gasteiger partial charge in [-0.3, -0.25) is 9.59 Å². The maximum absolute atomic E-state index is 12.6. The van der Waals surface area contributed by atoms with Crippen LogP contribution in [0.25, 0.3) is 11.1 Å². The Morgan fingerprint density at radius 1 is 1.06 bits per heavy atom. The first kappa shape index (κ1) is 21.9. The molecular formula is C22H22N6O5. The molecule has 0 radical (unpaired) electrons. The molecule has 0 saturated heterocycles. The third-order valence-corrected chi connectivity index (χ3v) is 5.44. The standard InChI is InChI=1S/C22H22N6O5/c1-12(20-25-27-28-26-20)23-21(31)18(10-19(29)30)24-22(32)33-11-17-15-8-4-2-6-13(15)14-7-3-5-9-16(14)17/h2-9,12,17-18H,10-11H2,1H3,(H,23,31)(H,24,32)(H,29,30)(H,25,26,27,28). The van der Waals surface area contributed by atoms with Crippen molar-refractivity contribution in [2.75, 3.05) is 6.61 Å². The summed E-state index contributed by atoms with van der Waals surface area (Å²) in [5, 5.41) is 27.3. The predicted octanol–water partition coefficient (Wildman–Crippen LogP) is 1.76. The van der Waals surface area contributed by atoms with Crippen LogP contribution in [0.4, 0.5) is 4.79 Å². The van der Waals surface area contributed by atoms with Crippen molar-refractivity contribution in [1.82, 2.24) is 31.3 Å². The first-order valence-corrected chi connectivity index (χ1v) is 10.3. The summed E-state index contributed by atoms with van der Waals surface area (Å²) in [4.78, 5) is 36.3. The SMILES string of the molecule is CC(NC(=O)C(CC(=O)O)NC(=O)OCC1c2ccccc2-c2ccccc21)c1nn[nH]n1. The number of nitrogens with one attached hydrogen (secondary N) is 3. The first-order chi connectivity index (χ1) is 15.9. The fourth-order valence-corrected chi connectivity index (χ4v) is 3.90. The van der Waals surface area contributed by atoms with Gasteiger partial charge in [-0.1, -0.05) is 53.7 Å². The minimum absolute atomic E-state index is 0.0422. The molecule has 33 heavy (non-hydrogen) atoms. The molecule has 1 heterocycles. The molecule has 4 rings (SSSR count). The zero-order valence-corrected chi connectivity index (χ0v) is 17.7. The second kappa shape index (κ2) is 9.47. The highest BCUT2D eigenvalue weighted by Crippen LogP contribution is 2.44.